The molecule has 2 amide bonds. The third kappa shape index (κ3) is 8.50. The van der Waals surface area contributed by atoms with E-state index in [1.54, 1.807) is 35.6 Å². The predicted molar refractivity (Wildman–Crippen MR) is 186 cm³/mol. The number of halogens is 3. The highest BCUT2D eigenvalue weighted by molar-refractivity contribution is 7.09. The number of likely N-dealkylation sites (tertiary alicyclic amines) is 1. The van der Waals surface area contributed by atoms with Gasteiger partial charge in [0.05, 0.1) is 23.8 Å². The van der Waals surface area contributed by atoms with Crippen molar-refractivity contribution >= 4 is 23.2 Å². The molecule has 3 aromatic carbocycles. The van der Waals surface area contributed by atoms with Gasteiger partial charge in [-0.3, -0.25) is 9.59 Å². The number of aryl methyl sites for hydroxylation is 1. The van der Waals surface area contributed by atoms with Crippen LogP contribution in [0.25, 0.3) is 5.69 Å². The fourth-order valence-electron chi connectivity index (χ4n) is 6.25. The van der Waals surface area contributed by atoms with Crippen molar-refractivity contribution in [3.8, 4) is 5.69 Å². The van der Waals surface area contributed by atoms with Crippen LogP contribution in [0.5, 0.6) is 0 Å². The van der Waals surface area contributed by atoms with Crippen molar-refractivity contribution in [3.63, 3.8) is 0 Å². The molecule has 1 aliphatic heterocycles. The summed E-state index contributed by atoms with van der Waals surface area (Å²) in [6.45, 7) is 2.61. The van der Waals surface area contributed by atoms with Crippen molar-refractivity contribution in [2.45, 2.75) is 57.1 Å². The lowest BCUT2D eigenvalue weighted by atomic mass is 9.99. The number of aliphatic hydroxyl groups is 1. The molecule has 0 bridgehead atoms. The quantitative estimate of drug-likeness (QED) is 0.134. The van der Waals surface area contributed by atoms with Crippen LogP contribution in [-0.4, -0.2) is 56.6 Å². The number of hydrogen-bond donors (Lipinski definition) is 3. The molecule has 3 N–H and O–H groups in total. The van der Waals surface area contributed by atoms with E-state index in [1.165, 1.54) is 6.07 Å². The molecule has 5 aromatic rings. The average Bonchev–Trinajstić information content (AvgIpc) is 3.90. The highest BCUT2D eigenvalue weighted by atomic mass is 32.1. The van der Waals surface area contributed by atoms with Crippen LogP contribution in [0.3, 0.4) is 0 Å². The molecular weight excluding hydrogens is 664 g/mol. The third-order valence-electron chi connectivity index (χ3n) is 8.78. The van der Waals surface area contributed by atoms with Crippen molar-refractivity contribution in [2.24, 2.45) is 0 Å². The molecule has 260 valence electrons. The van der Waals surface area contributed by atoms with Crippen molar-refractivity contribution in [1.82, 2.24) is 25.1 Å². The summed E-state index contributed by atoms with van der Waals surface area (Å²) in [6.07, 6.45) is 0.0712. The number of hydrogen-bond acceptors (Lipinski definition) is 6. The zero-order valence-corrected chi connectivity index (χ0v) is 28.3. The Morgan fingerprint density at radius 3 is 2.44 bits per heavy atom. The minimum atomic E-state index is -4.46. The highest BCUT2D eigenvalue weighted by Crippen LogP contribution is 2.35. The fraction of sp³-hybridized carbons (Fsp3) is 0.289. The molecule has 50 heavy (non-hydrogen) atoms. The number of nitrogens with zero attached hydrogens (tertiary/aromatic N) is 3. The number of aromatic nitrogens is 2. The van der Waals surface area contributed by atoms with Gasteiger partial charge in [-0.2, -0.15) is 13.2 Å². The lowest BCUT2D eigenvalue weighted by Gasteiger charge is -2.26. The smallest absolute Gasteiger partial charge is 0.390 e. The van der Waals surface area contributed by atoms with Gasteiger partial charge < -0.3 is 25.2 Å². The molecule has 0 radical (unpaired) electrons. The SMILES string of the molecule is Cc1csc([C@H]2CCCN2C(=O)c2cc(C(=O)N[C@@H](Cc3ccccc3)[C@@H](O)CNCc3cccc(C(F)(F)F)c3)cc(-n3cccc3)c2)n1. The van der Waals surface area contributed by atoms with Crippen LogP contribution in [-0.2, 0) is 19.1 Å². The maximum atomic E-state index is 14.1. The van der Waals surface area contributed by atoms with E-state index in [0.717, 1.165) is 41.2 Å². The molecule has 0 spiro atoms. The minimum absolute atomic E-state index is 0.00769. The molecule has 1 saturated heterocycles. The van der Waals surface area contributed by atoms with E-state index in [1.807, 2.05) is 76.6 Å². The number of alkyl halides is 3. The molecule has 1 fully saturated rings. The van der Waals surface area contributed by atoms with Gasteiger partial charge in [-0.1, -0.05) is 48.5 Å². The number of thiazole rings is 1. The summed E-state index contributed by atoms with van der Waals surface area (Å²) in [5.41, 5.74) is 2.71. The van der Waals surface area contributed by atoms with Crippen LogP contribution in [0.2, 0.25) is 0 Å². The van der Waals surface area contributed by atoms with Gasteiger partial charge in [0.25, 0.3) is 11.8 Å². The Morgan fingerprint density at radius 2 is 1.72 bits per heavy atom. The lowest BCUT2D eigenvalue weighted by Crippen LogP contribution is -2.48. The van der Waals surface area contributed by atoms with Gasteiger partial charge >= 0.3 is 6.18 Å². The molecule has 12 heteroatoms. The maximum absolute atomic E-state index is 14.1. The number of carbonyl (C=O) groups excluding carboxylic acids is 2. The van der Waals surface area contributed by atoms with Crippen LogP contribution in [0.1, 0.15) is 67.0 Å². The Bertz CT molecular complexity index is 1910. The molecule has 3 atom stereocenters. The van der Waals surface area contributed by atoms with E-state index in [9.17, 15) is 27.9 Å². The van der Waals surface area contributed by atoms with Gasteiger partial charge in [0.1, 0.15) is 5.01 Å². The molecule has 0 saturated carbocycles. The number of nitrogens with one attached hydrogen (secondary N) is 2. The monoisotopic (exact) mass is 701 g/mol. The van der Waals surface area contributed by atoms with Gasteiger partial charge in [-0.05, 0) is 73.7 Å². The van der Waals surface area contributed by atoms with Gasteiger partial charge in [0.2, 0.25) is 0 Å². The zero-order valence-electron chi connectivity index (χ0n) is 27.4. The van der Waals surface area contributed by atoms with Crippen molar-refractivity contribution in [3.05, 3.63) is 141 Å². The van der Waals surface area contributed by atoms with E-state index in [-0.39, 0.29) is 30.6 Å². The summed E-state index contributed by atoms with van der Waals surface area (Å²) in [6, 6.07) is 22.3. The van der Waals surface area contributed by atoms with Gasteiger partial charge in [0, 0.05) is 59.9 Å². The molecule has 2 aromatic heterocycles. The Hall–Kier alpha value is -4.78. The lowest BCUT2D eigenvalue weighted by molar-refractivity contribution is -0.137. The molecular formula is C38H38F3N5O3S. The Labute approximate surface area is 292 Å². The number of amides is 2. The van der Waals surface area contributed by atoms with E-state index in [2.05, 4.69) is 15.6 Å². The first kappa shape index (κ1) is 35.1. The first-order chi connectivity index (χ1) is 24.0. The van der Waals surface area contributed by atoms with Crippen molar-refractivity contribution in [1.29, 1.82) is 0 Å². The van der Waals surface area contributed by atoms with Gasteiger partial charge in [-0.15, -0.1) is 11.3 Å². The second kappa shape index (κ2) is 15.4. The molecule has 3 heterocycles. The second-order valence-corrected chi connectivity index (χ2v) is 13.4. The third-order valence-corrected chi connectivity index (χ3v) is 9.85. The van der Waals surface area contributed by atoms with E-state index < -0.39 is 29.8 Å². The topological polar surface area (TPSA) is 99.5 Å². The summed E-state index contributed by atoms with van der Waals surface area (Å²) >= 11 is 1.54. The number of benzene rings is 3. The van der Waals surface area contributed by atoms with Crippen molar-refractivity contribution in [2.75, 3.05) is 13.1 Å². The first-order valence-corrected chi connectivity index (χ1v) is 17.3. The normalized spacial score (nSPS) is 15.9. The number of rotatable bonds is 12. The zero-order chi connectivity index (χ0) is 35.3. The summed E-state index contributed by atoms with van der Waals surface area (Å²) in [4.78, 5) is 34.5. The van der Waals surface area contributed by atoms with Crippen molar-refractivity contribution < 1.29 is 27.9 Å². The van der Waals surface area contributed by atoms with E-state index in [0.29, 0.717) is 29.8 Å². The summed E-state index contributed by atoms with van der Waals surface area (Å²) in [5.74, 6) is -0.664. The van der Waals surface area contributed by atoms with E-state index in [4.69, 9.17) is 0 Å². The molecule has 8 nitrogen and oxygen atoms in total. The van der Waals surface area contributed by atoms with Crippen LogP contribution in [0.15, 0.2) is 103 Å². The Balaban J connectivity index is 1.23. The summed E-state index contributed by atoms with van der Waals surface area (Å²) < 4.78 is 41.5. The highest BCUT2D eigenvalue weighted by Gasteiger charge is 2.33. The van der Waals surface area contributed by atoms with Gasteiger partial charge in [0.15, 0.2) is 0 Å². The Morgan fingerprint density at radius 1 is 0.980 bits per heavy atom. The number of carbonyl (C=O) groups is 2. The maximum Gasteiger partial charge on any atom is 0.416 e. The standard InChI is InChI=1S/C38H38F3N5O3S/c1-25-24-50-36(43-25)33-13-8-16-46(33)37(49)29-19-28(20-31(21-29)45-14-5-6-15-45)35(48)44-32(18-26-9-3-2-4-10-26)34(47)23-42-22-27-11-7-12-30(17-27)38(39,40)41/h2-7,9-12,14-15,17,19-21,24,32-34,42,47H,8,13,16,18,22-23H2,1H3,(H,44,48)/t32-,33+,34-/m0/s1. The van der Waals surface area contributed by atoms with E-state index >= 15 is 0 Å². The Kier molecular flexibility index (Phi) is 10.8. The van der Waals surface area contributed by atoms with Crippen LogP contribution < -0.4 is 10.6 Å². The fourth-order valence-corrected chi connectivity index (χ4v) is 7.19. The van der Waals surface area contributed by atoms with Crippen LogP contribution in [0.4, 0.5) is 13.2 Å². The summed E-state index contributed by atoms with van der Waals surface area (Å²) in [7, 11) is 0. The first-order valence-electron chi connectivity index (χ1n) is 16.5. The number of aliphatic hydroxyl groups excluding tert-OH is 1. The summed E-state index contributed by atoms with van der Waals surface area (Å²) in [5, 5.41) is 20.2. The van der Waals surface area contributed by atoms with Crippen LogP contribution in [0, 0.1) is 6.92 Å². The van der Waals surface area contributed by atoms with Crippen LogP contribution >= 0.6 is 11.3 Å². The van der Waals surface area contributed by atoms with Gasteiger partial charge in [-0.25, -0.2) is 4.98 Å². The largest absolute Gasteiger partial charge is 0.416 e. The predicted octanol–water partition coefficient (Wildman–Crippen LogP) is 6.73. The molecule has 1 aliphatic rings. The second-order valence-electron chi connectivity index (χ2n) is 12.5. The molecule has 0 unspecified atom stereocenters. The molecule has 0 aliphatic carbocycles. The molecule has 6 rings (SSSR count). The minimum Gasteiger partial charge on any atom is -0.390 e. The average molecular weight is 702 g/mol.